The molecule has 5 nitrogen and oxygen atoms in total. The molecule has 1 heterocycles. The second-order valence-electron chi connectivity index (χ2n) is 5.49. The Labute approximate surface area is 160 Å². The van der Waals surface area contributed by atoms with Gasteiger partial charge in [0.05, 0.1) is 27.0 Å². The van der Waals surface area contributed by atoms with Crippen LogP contribution in [-0.4, -0.2) is 20.4 Å². The summed E-state index contributed by atoms with van der Waals surface area (Å²) in [6.07, 6.45) is 1.66. The summed E-state index contributed by atoms with van der Waals surface area (Å²) in [5.74, 6) is 2.89. The van der Waals surface area contributed by atoms with Gasteiger partial charge in [-0.15, -0.1) is 0 Å². The SMILES string of the molecule is COc1ccc(CN/N=C\c2ccc(-c3ccc(Br)cc3)o2)cc1OC. The third-order valence-corrected chi connectivity index (χ3v) is 4.30. The van der Waals surface area contributed by atoms with Crippen molar-refractivity contribution in [1.82, 2.24) is 5.43 Å². The molecule has 0 aliphatic heterocycles. The zero-order chi connectivity index (χ0) is 18.4. The summed E-state index contributed by atoms with van der Waals surface area (Å²) in [7, 11) is 3.24. The van der Waals surface area contributed by atoms with Crippen LogP contribution < -0.4 is 14.9 Å². The summed E-state index contributed by atoms with van der Waals surface area (Å²) in [5, 5.41) is 4.21. The van der Waals surface area contributed by atoms with E-state index in [9.17, 15) is 0 Å². The molecular formula is C20H19BrN2O3. The van der Waals surface area contributed by atoms with Gasteiger partial charge in [-0.05, 0) is 42.0 Å². The molecule has 0 saturated carbocycles. The number of ether oxygens (including phenoxy) is 2. The lowest BCUT2D eigenvalue weighted by molar-refractivity contribution is 0.354. The highest BCUT2D eigenvalue weighted by Gasteiger charge is 2.05. The van der Waals surface area contributed by atoms with Gasteiger partial charge in [0.1, 0.15) is 11.5 Å². The van der Waals surface area contributed by atoms with E-state index in [0.717, 1.165) is 21.4 Å². The van der Waals surface area contributed by atoms with Crippen LogP contribution in [0.25, 0.3) is 11.3 Å². The minimum Gasteiger partial charge on any atom is -0.493 e. The van der Waals surface area contributed by atoms with Crippen molar-refractivity contribution in [3.63, 3.8) is 0 Å². The summed E-state index contributed by atoms with van der Waals surface area (Å²) in [5.41, 5.74) is 5.06. The van der Waals surface area contributed by atoms with Gasteiger partial charge in [-0.25, -0.2) is 0 Å². The predicted molar refractivity (Wildman–Crippen MR) is 106 cm³/mol. The molecule has 134 valence electrons. The summed E-state index contributed by atoms with van der Waals surface area (Å²) >= 11 is 3.43. The van der Waals surface area contributed by atoms with E-state index in [-0.39, 0.29) is 0 Å². The molecule has 0 radical (unpaired) electrons. The number of benzene rings is 2. The normalized spacial score (nSPS) is 10.9. The molecule has 0 aliphatic rings. The molecular weight excluding hydrogens is 396 g/mol. The van der Waals surface area contributed by atoms with Gasteiger partial charge in [0, 0.05) is 10.0 Å². The van der Waals surface area contributed by atoms with Crippen LogP contribution >= 0.6 is 15.9 Å². The fraction of sp³-hybridized carbons (Fsp3) is 0.150. The van der Waals surface area contributed by atoms with Crippen LogP contribution in [-0.2, 0) is 6.54 Å². The van der Waals surface area contributed by atoms with E-state index >= 15 is 0 Å². The van der Waals surface area contributed by atoms with Gasteiger partial charge in [-0.2, -0.15) is 5.10 Å². The first kappa shape index (κ1) is 18.1. The van der Waals surface area contributed by atoms with Crippen molar-refractivity contribution in [3.05, 3.63) is 70.4 Å². The number of halogens is 1. The number of furan rings is 1. The second-order valence-corrected chi connectivity index (χ2v) is 6.41. The van der Waals surface area contributed by atoms with Crippen molar-refractivity contribution in [2.24, 2.45) is 5.10 Å². The third kappa shape index (κ3) is 4.46. The largest absolute Gasteiger partial charge is 0.493 e. The molecule has 0 fully saturated rings. The zero-order valence-electron chi connectivity index (χ0n) is 14.5. The molecule has 26 heavy (non-hydrogen) atoms. The summed E-state index contributed by atoms with van der Waals surface area (Å²) in [6.45, 7) is 0.567. The molecule has 0 bridgehead atoms. The first-order valence-electron chi connectivity index (χ1n) is 8.02. The van der Waals surface area contributed by atoms with Crippen LogP contribution in [0.1, 0.15) is 11.3 Å². The summed E-state index contributed by atoms with van der Waals surface area (Å²) < 4.78 is 17.3. The van der Waals surface area contributed by atoms with Crippen molar-refractivity contribution >= 4 is 22.1 Å². The van der Waals surface area contributed by atoms with Gasteiger partial charge in [-0.3, -0.25) is 0 Å². The monoisotopic (exact) mass is 414 g/mol. The molecule has 0 atom stereocenters. The van der Waals surface area contributed by atoms with Gasteiger partial charge in [-0.1, -0.05) is 34.1 Å². The van der Waals surface area contributed by atoms with E-state index in [2.05, 4.69) is 26.5 Å². The van der Waals surface area contributed by atoms with Crippen molar-refractivity contribution in [1.29, 1.82) is 0 Å². The summed E-state index contributed by atoms with van der Waals surface area (Å²) in [4.78, 5) is 0. The molecule has 3 aromatic rings. The number of nitrogens with zero attached hydrogens (tertiary/aromatic N) is 1. The van der Waals surface area contributed by atoms with Gasteiger partial charge in [0.15, 0.2) is 11.5 Å². The van der Waals surface area contributed by atoms with Crippen LogP contribution in [0.3, 0.4) is 0 Å². The number of rotatable bonds is 7. The summed E-state index contributed by atoms with van der Waals surface area (Å²) in [6, 6.07) is 17.5. The maximum absolute atomic E-state index is 5.79. The Morgan fingerprint density at radius 1 is 1.00 bits per heavy atom. The van der Waals surface area contributed by atoms with Crippen LogP contribution in [0.15, 0.2) is 68.6 Å². The average molecular weight is 415 g/mol. The fourth-order valence-corrected chi connectivity index (χ4v) is 2.69. The Morgan fingerprint density at radius 3 is 2.50 bits per heavy atom. The molecule has 0 aliphatic carbocycles. The molecule has 3 rings (SSSR count). The molecule has 0 amide bonds. The first-order valence-corrected chi connectivity index (χ1v) is 8.81. The Bertz CT molecular complexity index is 888. The van der Waals surface area contributed by atoms with Crippen LogP contribution in [0.4, 0.5) is 0 Å². The number of hydrogen-bond donors (Lipinski definition) is 1. The van der Waals surface area contributed by atoms with Crippen LogP contribution in [0.5, 0.6) is 11.5 Å². The van der Waals surface area contributed by atoms with E-state index in [1.165, 1.54) is 0 Å². The average Bonchev–Trinajstić information content (AvgIpc) is 3.14. The van der Waals surface area contributed by atoms with E-state index in [1.807, 2.05) is 54.6 Å². The Kier molecular flexibility index (Phi) is 5.96. The lowest BCUT2D eigenvalue weighted by atomic mass is 10.2. The number of hydrogen-bond acceptors (Lipinski definition) is 5. The first-order chi connectivity index (χ1) is 12.7. The zero-order valence-corrected chi connectivity index (χ0v) is 16.1. The Balaban J connectivity index is 1.58. The minimum absolute atomic E-state index is 0.567. The molecule has 2 aromatic carbocycles. The van der Waals surface area contributed by atoms with Gasteiger partial charge >= 0.3 is 0 Å². The maximum atomic E-state index is 5.79. The molecule has 0 spiro atoms. The standard InChI is InChI=1S/C20H19BrN2O3/c1-24-19-9-3-14(11-20(19)25-2)12-22-23-13-17-8-10-18(26-17)15-4-6-16(21)7-5-15/h3-11,13,22H,12H2,1-2H3/b23-13-. The fourth-order valence-electron chi connectivity index (χ4n) is 2.43. The number of hydrazone groups is 1. The Hall–Kier alpha value is -2.73. The van der Waals surface area contributed by atoms with Gasteiger partial charge in [0.25, 0.3) is 0 Å². The highest BCUT2D eigenvalue weighted by molar-refractivity contribution is 9.10. The van der Waals surface area contributed by atoms with Crippen molar-refractivity contribution in [2.45, 2.75) is 6.54 Å². The van der Waals surface area contributed by atoms with Crippen LogP contribution in [0, 0.1) is 0 Å². The molecule has 0 unspecified atom stereocenters. The number of nitrogens with one attached hydrogen (secondary N) is 1. The Morgan fingerprint density at radius 2 is 1.77 bits per heavy atom. The van der Waals surface area contributed by atoms with E-state index in [4.69, 9.17) is 13.9 Å². The van der Waals surface area contributed by atoms with Gasteiger partial charge < -0.3 is 19.3 Å². The van der Waals surface area contributed by atoms with Crippen molar-refractivity contribution < 1.29 is 13.9 Å². The highest BCUT2D eigenvalue weighted by atomic mass is 79.9. The highest BCUT2D eigenvalue weighted by Crippen LogP contribution is 2.27. The molecule has 6 heteroatoms. The van der Waals surface area contributed by atoms with Crippen LogP contribution in [0.2, 0.25) is 0 Å². The van der Waals surface area contributed by atoms with Gasteiger partial charge in [0.2, 0.25) is 0 Å². The van der Waals surface area contributed by atoms with E-state index < -0.39 is 0 Å². The second kappa shape index (κ2) is 8.58. The maximum Gasteiger partial charge on any atom is 0.161 e. The lowest BCUT2D eigenvalue weighted by Gasteiger charge is -2.09. The van der Waals surface area contributed by atoms with E-state index in [0.29, 0.717) is 23.8 Å². The minimum atomic E-state index is 0.567. The third-order valence-electron chi connectivity index (χ3n) is 3.77. The predicted octanol–water partition coefficient (Wildman–Crippen LogP) is 4.85. The van der Waals surface area contributed by atoms with Crippen molar-refractivity contribution in [3.8, 4) is 22.8 Å². The van der Waals surface area contributed by atoms with Crippen molar-refractivity contribution in [2.75, 3.05) is 14.2 Å². The molecule has 1 N–H and O–H groups in total. The van der Waals surface area contributed by atoms with E-state index in [1.54, 1.807) is 20.4 Å². The molecule has 1 aromatic heterocycles. The molecule has 0 saturated heterocycles. The quantitative estimate of drug-likeness (QED) is 0.443. The topological polar surface area (TPSA) is 56.0 Å². The lowest BCUT2D eigenvalue weighted by Crippen LogP contribution is -2.05. The number of methoxy groups -OCH3 is 2. The smallest absolute Gasteiger partial charge is 0.161 e.